The van der Waals surface area contributed by atoms with E-state index >= 15 is 0 Å². The number of ketones is 1. The molecule has 1 aliphatic heterocycles. The Balaban J connectivity index is 1.56. The van der Waals surface area contributed by atoms with Crippen molar-refractivity contribution in [3.63, 3.8) is 0 Å². The quantitative estimate of drug-likeness (QED) is 0.667. The number of pyridine rings is 1. The summed E-state index contributed by atoms with van der Waals surface area (Å²) in [6.07, 6.45) is 1.90. The van der Waals surface area contributed by atoms with Gasteiger partial charge in [0.25, 0.3) is 0 Å². The molecule has 0 bridgehead atoms. The van der Waals surface area contributed by atoms with Crippen LogP contribution in [0.2, 0.25) is 0 Å². The second kappa shape index (κ2) is 7.34. The van der Waals surface area contributed by atoms with Crippen molar-refractivity contribution >= 4 is 29.1 Å². The lowest BCUT2D eigenvalue weighted by molar-refractivity contribution is -0.119. The molecule has 29 heavy (non-hydrogen) atoms. The molecule has 1 saturated heterocycles. The predicted molar refractivity (Wildman–Crippen MR) is 101 cm³/mol. The molecule has 4 rings (SSSR count). The van der Waals surface area contributed by atoms with Crippen molar-refractivity contribution < 1.29 is 23.5 Å². The van der Waals surface area contributed by atoms with Crippen molar-refractivity contribution in [2.24, 2.45) is 0 Å². The zero-order chi connectivity index (χ0) is 20.5. The fourth-order valence-electron chi connectivity index (χ4n) is 3.19. The number of carbonyl (C=O) groups excluding carboxylic acids is 3. The van der Waals surface area contributed by atoms with Crippen LogP contribution in [0.1, 0.15) is 23.0 Å². The third kappa shape index (κ3) is 3.54. The van der Waals surface area contributed by atoms with Gasteiger partial charge in [-0.15, -0.1) is 0 Å². The second-order valence-corrected chi connectivity index (χ2v) is 6.62. The first-order valence-electron chi connectivity index (χ1n) is 8.93. The van der Waals surface area contributed by atoms with Gasteiger partial charge in [0.05, 0.1) is 30.5 Å². The highest BCUT2D eigenvalue weighted by Crippen LogP contribution is 2.25. The molecule has 3 aromatic rings. The number of aromatic nitrogens is 2. The number of fused-ring (bicyclic) bond motifs is 1. The van der Waals surface area contributed by atoms with Gasteiger partial charge < -0.3 is 10.1 Å². The van der Waals surface area contributed by atoms with Crippen molar-refractivity contribution in [3.8, 4) is 0 Å². The van der Waals surface area contributed by atoms with E-state index in [2.05, 4.69) is 10.3 Å². The summed E-state index contributed by atoms with van der Waals surface area (Å²) in [7, 11) is 0. The van der Waals surface area contributed by atoms with E-state index < -0.39 is 23.8 Å². The number of ether oxygens (including phenoxy) is 1. The number of imidazole rings is 1. The zero-order valence-corrected chi connectivity index (χ0v) is 15.5. The Hall–Kier alpha value is -3.75. The largest absolute Gasteiger partial charge is 0.442 e. The summed E-state index contributed by atoms with van der Waals surface area (Å²) in [5.74, 6) is -1.50. The molecule has 1 aliphatic rings. The average Bonchev–Trinajstić information content (AvgIpc) is 3.29. The van der Waals surface area contributed by atoms with E-state index in [0.717, 1.165) is 6.07 Å². The first-order valence-corrected chi connectivity index (χ1v) is 8.93. The Morgan fingerprint density at radius 2 is 2.14 bits per heavy atom. The fraction of sp³-hybridized carbons (Fsp3) is 0.200. The Kier molecular flexibility index (Phi) is 4.71. The maximum absolute atomic E-state index is 14.7. The highest BCUT2D eigenvalue weighted by Gasteiger charge is 2.33. The highest BCUT2D eigenvalue weighted by molar-refractivity contribution is 6.08. The van der Waals surface area contributed by atoms with Crippen LogP contribution in [0.25, 0.3) is 5.65 Å². The van der Waals surface area contributed by atoms with Gasteiger partial charge in [0.2, 0.25) is 11.7 Å². The second-order valence-electron chi connectivity index (χ2n) is 6.62. The first-order chi connectivity index (χ1) is 13.9. The third-order valence-corrected chi connectivity index (χ3v) is 4.61. The standard InChI is InChI=1S/C20H17FN4O4/c1-12(26)22-9-14-11-25(20(28)29-14)13-5-6-15(16(21)8-13)19(27)17-10-23-18-4-2-3-7-24(17)18/h2-8,10,14H,9,11H2,1H3,(H,22,26)/t14-/m0/s1. The van der Waals surface area contributed by atoms with E-state index in [4.69, 9.17) is 4.74 Å². The Morgan fingerprint density at radius 3 is 2.90 bits per heavy atom. The van der Waals surface area contributed by atoms with E-state index in [1.54, 1.807) is 28.8 Å². The molecular weight excluding hydrogens is 379 g/mol. The molecule has 2 amide bonds. The predicted octanol–water partition coefficient (Wildman–Crippen LogP) is 2.17. The molecule has 1 atom stereocenters. The number of amides is 2. The van der Waals surface area contributed by atoms with E-state index in [1.165, 1.54) is 30.2 Å². The average molecular weight is 396 g/mol. The van der Waals surface area contributed by atoms with Crippen molar-refractivity contribution in [2.45, 2.75) is 13.0 Å². The summed E-state index contributed by atoms with van der Waals surface area (Å²) in [5, 5.41) is 2.58. The molecule has 0 spiro atoms. The summed E-state index contributed by atoms with van der Waals surface area (Å²) >= 11 is 0. The normalized spacial score (nSPS) is 16.1. The summed E-state index contributed by atoms with van der Waals surface area (Å²) in [4.78, 5) is 41.3. The molecular formula is C20H17FN4O4. The molecule has 9 heteroatoms. The van der Waals surface area contributed by atoms with Crippen LogP contribution in [0, 0.1) is 5.82 Å². The van der Waals surface area contributed by atoms with Crippen molar-refractivity contribution in [1.82, 2.24) is 14.7 Å². The first kappa shape index (κ1) is 18.6. The number of carbonyl (C=O) groups is 3. The molecule has 1 aromatic carbocycles. The van der Waals surface area contributed by atoms with Gasteiger partial charge in [0.15, 0.2) is 0 Å². The van der Waals surface area contributed by atoms with Gasteiger partial charge in [0, 0.05) is 13.1 Å². The minimum absolute atomic E-state index is 0.123. The molecule has 3 heterocycles. The van der Waals surface area contributed by atoms with Crippen LogP contribution in [-0.2, 0) is 9.53 Å². The van der Waals surface area contributed by atoms with E-state index in [-0.39, 0.29) is 35.9 Å². The van der Waals surface area contributed by atoms with Gasteiger partial charge in [-0.05, 0) is 30.3 Å². The number of hydrogen-bond donors (Lipinski definition) is 1. The lowest BCUT2D eigenvalue weighted by atomic mass is 10.1. The summed E-state index contributed by atoms with van der Waals surface area (Å²) < 4.78 is 21.5. The lowest BCUT2D eigenvalue weighted by Crippen LogP contribution is -2.33. The molecule has 8 nitrogen and oxygen atoms in total. The van der Waals surface area contributed by atoms with E-state index in [0.29, 0.717) is 5.65 Å². The van der Waals surface area contributed by atoms with E-state index in [1.807, 2.05) is 0 Å². The molecule has 2 aromatic heterocycles. The topological polar surface area (TPSA) is 93.0 Å². The van der Waals surface area contributed by atoms with Gasteiger partial charge in [-0.3, -0.25) is 18.9 Å². The van der Waals surface area contributed by atoms with Crippen molar-refractivity contribution in [2.75, 3.05) is 18.0 Å². The molecule has 0 unspecified atom stereocenters. The monoisotopic (exact) mass is 396 g/mol. The van der Waals surface area contributed by atoms with Crippen LogP contribution >= 0.6 is 0 Å². The highest BCUT2D eigenvalue weighted by atomic mass is 19.1. The molecule has 1 N–H and O–H groups in total. The number of rotatable bonds is 5. The minimum atomic E-state index is -0.753. The number of anilines is 1. The fourth-order valence-corrected chi connectivity index (χ4v) is 3.19. The van der Waals surface area contributed by atoms with Gasteiger partial charge in [-0.1, -0.05) is 6.07 Å². The maximum Gasteiger partial charge on any atom is 0.414 e. The zero-order valence-electron chi connectivity index (χ0n) is 15.5. The number of cyclic esters (lactones) is 1. The Bertz CT molecular complexity index is 1130. The minimum Gasteiger partial charge on any atom is -0.442 e. The van der Waals surface area contributed by atoms with Crippen LogP contribution in [0.3, 0.4) is 0 Å². The van der Waals surface area contributed by atoms with Crippen LogP contribution in [0.4, 0.5) is 14.9 Å². The van der Waals surface area contributed by atoms with Crippen LogP contribution < -0.4 is 10.2 Å². The van der Waals surface area contributed by atoms with Crippen LogP contribution in [0.15, 0.2) is 48.8 Å². The maximum atomic E-state index is 14.7. The molecule has 0 radical (unpaired) electrons. The SMILES string of the molecule is CC(=O)NC[C@H]1CN(c2ccc(C(=O)c3cnc4ccccn34)c(F)c2)C(=O)O1. The molecule has 0 saturated carbocycles. The summed E-state index contributed by atoms with van der Waals surface area (Å²) in [6, 6.07) is 9.23. The Labute approximate surface area is 164 Å². The lowest BCUT2D eigenvalue weighted by Gasteiger charge is -2.14. The smallest absolute Gasteiger partial charge is 0.414 e. The van der Waals surface area contributed by atoms with Crippen LogP contribution in [-0.4, -0.2) is 46.4 Å². The number of nitrogens with zero attached hydrogens (tertiary/aromatic N) is 3. The molecule has 148 valence electrons. The summed E-state index contributed by atoms with van der Waals surface area (Å²) in [5.41, 5.74) is 0.968. The van der Waals surface area contributed by atoms with Gasteiger partial charge in [-0.25, -0.2) is 14.2 Å². The molecule has 0 aliphatic carbocycles. The van der Waals surface area contributed by atoms with Gasteiger partial charge >= 0.3 is 6.09 Å². The number of hydrogen-bond acceptors (Lipinski definition) is 5. The summed E-state index contributed by atoms with van der Waals surface area (Å²) in [6.45, 7) is 1.70. The van der Waals surface area contributed by atoms with Crippen molar-refractivity contribution in [3.05, 3.63) is 65.9 Å². The third-order valence-electron chi connectivity index (χ3n) is 4.61. The number of benzene rings is 1. The Morgan fingerprint density at radius 1 is 1.31 bits per heavy atom. The van der Waals surface area contributed by atoms with Crippen LogP contribution in [0.5, 0.6) is 0 Å². The van der Waals surface area contributed by atoms with Gasteiger partial charge in [-0.2, -0.15) is 0 Å². The van der Waals surface area contributed by atoms with Crippen molar-refractivity contribution in [1.29, 1.82) is 0 Å². The number of halogens is 1. The molecule has 1 fully saturated rings. The van der Waals surface area contributed by atoms with E-state index in [9.17, 15) is 18.8 Å². The van der Waals surface area contributed by atoms with Gasteiger partial charge in [0.1, 0.15) is 23.3 Å². The number of nitrogens with one attached hydrogen (secondary N) is 1.